The molecule has 0 bridgehead atoms. The van der Waals surface area contributed by atoms with Gasteiger partial charge in [0, 0.05) is 11.6 Å². The van der Waals surface area contributed by atoms with Crippen molar-refractivity contribution in [3.05, 3.63) is 88.8 Å². The molecule has 190 valence electrons. The topological polar surface area (TPSA) is 113 Å². The van der Waals surface area contributed by atoms with Crippen LogP contribution in [-0.2, 0) is 0 Å². The second-order valence-corrected chi connectivity index (χ2v) is 8.55. The van der Waals surface area contributed by atoms with Crippen LogP contribution >= 0.6 is 0 Å². The fourth-order valence-electron chi connectivity index (χ4n) is 4.09. The fraction of sp³-hybridized carbons (Fsp3) is 0.241. The van der Waals surface area contributed by atoms with Crippen LogP contribution in [0.2, 0.25) is 0 Å². The number of carbonyl (C=O) groups is 1. The maximum Gasteiger partial charge on any atom is 0.343 e. The van der Waals surface area contributed by atoms with E-state index in [0.29, 0.717) is 40.7 Å². The van der Waals surface area contributed by atoms with Crippen molar-refractivity contribution < 1.29 is 28.5 Å². The van der Waals surface area contributed by atoms with Crippen molar-refractivity contribution in [3.8, 4) is 34.8 Å². The van der Waals surface area contributed by atoms with Gasteiger partial charge in [0.25, 0.3) is 0 Å². The number of nitrogens with zero attached hydrogens (tertiary/aromatic N) is 1. The summed E-state index contributed by atoms with van der Waals surface area (Å²) in [7, 11) is 1.56. The number of allylic oxidation sites excluding steroid dienone is 1. The molecule has 0 fully saturated rings. The van der Waals surface area contributed by atoms with E-state index in [1.807, 2.05) is 32.9 Å². The van der Waals surface area contributed by atoms with Gasteiger partial charge in [-0.25, -0.2) is 4.79 Å². The minimum atomic E-state index is -0.527. The first-order chi connectivity index (χ1) is 17.8. The van der Waals surface area contributed by atoms with Gasteiger partial charge in [-0.15, -0.1) is 0 Å². The van der Waals surface area contributed by atoms with Gasteiger partial charge in [0.2, 0.25) is 5.88 Å². The van der Waals surface area contributed by atoms with Crippen LogP contribution in [0.25, 0.3) is 0 Å². The summed E-state index contributed by atoms with van der Waals surface area (Å²) in [5, 5.41) is 9.85. The first-order valence-electron chi connectivity index (χ1n) is 11.9. The summed E-state index contributed by atoms with van der Waals surface area (Å²) in [5.41, 5.74) is 8.25. The molecule has 0 radical (unpaired) electrons. The predicted octanol–water partition coefficient (Wildman–Crippen LogP) is 5.32. The minimum Gasteiger partial charge on any atom is -0.493 e. The Kier molecular flexibility index (Phi) is 7.54. The Labute approximate surface area is 215 Å². The van der Waals surface area contributed by atoms with E-state index in [4.69, 9.17) is 29.4 Å². The van der Waals surface area contributed by atoms with Gasteiger partial charge >= 0.3 is 5.97 Å². The van der Waals surface area contributed by atoms with Crippen molar-refractivity contribution in [2.45, 2.75) is 32.8 Å². The average molecular weight is 501 g/mol. The molecule has 1 aliphatic heterocycles. The highest BCUT2D eigenvalue weighted by Gasteiger charge is 2.31. The smallest absolute Gasteiger partial charge is 0.343 e. The van der Waals surface area contributed by atoms with Gasteiger partial charge in [0.1, 0.15) is 28.9 Å². The maximum atomic E-state index is 12.7. The molecule has 1 heterocycles. The molecule has 0 spiro atoms. The van der Waals surface area contributed by atoms with E-state index in [-0.39, 0.29) is 23.3 Å². The lowest BCUT2D eigenvalue weighted by molar-refractivity contribution is 0.0734. The zero-order chi connectivity index (χ0) is 26.5. The van der Waals surface area contributed by atoms with Crippen LogP contribution in [0.5, 0.6) is 28.7 Å². The molecule has 0 aliphatic carbocycles. The van der Waals surface area contributed by atoms with Crippen LogP contribution < -0.4 is 29.4 Å². The number of esters is 1. The van der Waals surface area contributed by atoms with E-state index >= 15 is 0 Å². The van der Waals surface area contributed by atoms with E-state index in [2.05, 4.69) is 6.07 Å². The highest BCUT2D eigenvalue weighted by molar-refractivity contribution is 5.91. The number of benzene rings is 3. The van der Waals surface area contributed by atoms with Gasteiger partial charge in [-0.2, -0.15) is 5.26 Å². The number of fused-ring (bicyclic) bond motifs is 1. The van der Waals surface area contributed by atoms with Crippen molar-refractivity contribution in [2.75, 3.05) is 13.7 Å². The average Bonchev–Trinajstić information content (AvgIpc) is 2.88. The van der Waals surface area contributed by atoms with Crippen molar-refractivity contribution >= 4 is 5.97 Å². The Morgan fingerprint density at radius 2 is 1.78 bits per heavy atom. The second-order valence-electron chi connectivity index (χ2n) is 8.55. The molecular formula is C29H28N2O6. The number of methoxy groups -OCH3 is 1. The van der Waals surface area contributed by atoms with E-state index in [0.717, 1.165) is 5.56 Å². The SMILES string of the molecule is CCOc1ccc(C2C(C#N)=C(N)Oc3cc(OC(=O)c4ccc(OC(C)C)cc4)ccc32)cc1OC. The monoisotopic (exact) mass is 500 g/mol. The molecule has 37 heavy (non-hydrogen) atoms. The number of carbonyl (C=O) groups excluding carboxylic acids is 1. The van der Waals surface area contributed by atoms with E-state index in [1.54, 1.807) is 55.6 Å². The second kappa shape index (κ2) is 11.0. The molecule has 1 atom stereocenters. The van der Waals surface area contributed by atoms with Crippen molar-refractivity contribution in [1.29, 1.82) is 5.26 Å². The molecule has 3 aromatic rings. The normalized spacial score (nSPS) is 14.3. The third-order valence-corrected chi connectivity index (χ3v) is 5.68. The largest absolute Gasteiger partial charge is 0.493 e. The summed E-state index contributed by atoms with van der Waals surface area (Å²) in [6, 6.07) is 19.4. The van der Waals surface area contributed by atoms with Gasteiger partial charge in [-0.3, -0.25) is 0 Å². The molecule has 0 aromatic heterocycles. The van der Waals surface area contributed by atoms with Gasteiger partial charge in [-0.1, -0.05) is 12.1 Å². The van der Waals surface area contributed by atoms with Crippen LogP contribution in [0.15, 0.2) is 72.1 Å². The van der Waals surface area contributed by atoms with E-state index in [1.165, 1.54) is 0 Å². The summed E-state index contributed by atoms with van der Waals surface area (Å²) < 4.78 is 28.1. The molecule has 8 heteroatoms. The Bertz CT molecular complexity index is 1370. The Morgan fingerprint density at radius 3 is 2.43 bits per heavy atom. The van der Waals surface area contributed by atoms with E-state index in [9.17, 15) is 10.1 Å². The van der Waals surface area contributed by atoms with Crippen molar-refractivity contribution in [3.63, 3.8) is 0 Å². The first kappa shape index (κ1) is 25.5. The summed E-state index contributed by atoms with van der Waals surface area (Å²) in [5.74, 6) is 1.43. The number of hydrogen-bond acceptors (Lipinski definition) is 8. The molecule has 2 N–H and O–H groups in total. The highest BCUT2D eigenvalue weighted by Crippen LogP contribution is 2.45. The summed E-state index contributed by atoms with van der Waals surface area (Å²) in [6.45, 7) is 6.24. The Morgan fingerprint density at radius 1 is 1.05 bits per heavy atom. The molecule has 4 rings (SSSR count). The maximum absolute atomic E-state index is 12.7. The van der Waals surface area contributed by atoms with Gasteiger partial charge < -0.3 is 29.4 Å². The number of hydrogen-bond donors (Lipinski definition) is 1. The molecule has 0 saturated heterocycles. The number of ether oxygens (including phenoxy) is 5. The molecule has 0 saturated carbocycles. The lowest BCUT2D eigenvalue weighted by Gasteiger charge is -2.27. The van der Waals surface area contributed by atoms with Gasteiger partial charge in [0.05, 0.1) is 31.3 Å². The third kappa shape index (κ3) is 5.46. The number of nitrogens with two attached hydrogens (primary N) is 1. The molecule has 0 amide bonds. The molecule has 1 aliphatic rings. The van der Waals surface area contributed by atoms with Crippen LogP contribution in [0.3, 0.4) is 0 Å². The molecule has 8 nitrogen and oxygen atoms in total. The zero-order valence-corrected chi connectivity index (χ0v) is 21.1. The summed E-state index contributed by atoms with van der Waals surface area (Å²) >= 11 is 0. The molecular weight excluding hydrogens is 472 g/mol. The zero-order valence-electron chi connectivity index (χ0n) is 21.1. The minimum absolute atomic E-state index is 0.0166. The number of nitriles is 1. The lowest BCUT2D eigenvalue weighted by atomic mass is 9.83. The Balaban J connectivity index is 1.63. The third-order valence-electron chi connectivity index (χ3n) is 5.68. The summed E-state index contributed by atoms with van der Waals surface area (Å²) in [4.78, 5) is 12.7. The van der Waals surface area contributed by atoms with Gasteiger partial charge in [-0.05, 0) is 68.8 Å². The highest BCUT2D eigenvalue weighted by atomic mass is 16.5. The van der Waals surface area contributed by atoms with Crippen LogP contribution in [0, 0.1) is 11.3 Å². The lowest BCUT2D eigenvalue weighted by Crippen LogP contribution is -2.21. The predicted molar refractivity (Wildman–Crippen MR) is 137 cm³/mol. The standard InChI is InChI=1S/C29H28N2O6/c1-5-34-24-13-8-19(14-26(24)33-4)27-22-12-11-21(15-25(22)37-28(31)23(27)16-30)36-29(32)18-6-9-20(10-7-18)35-17(2)3/h6-15,17,27H,5,31H2,1-4H3. The van der Waals surface area contributed by atoms with Crippen LogP contribution in [0.4, 0.5) is 0 Å². The molecule has 3 aromatic carbocycles. The van der Waals surface area contributed by atoms with Gasteiger partial charge in [0.15, 0.2) is 11.5 Å². The Hall–Kier alpha value is -4.64. The molecule has 1 unspecified atom stereocenters. The first-order valence-corrected chi connectivity index (χ1v) is 11.9. The quantitative estimate of drug-likeness (QED) is 0.327. The van der Waals surface area contributed by atoms with E-state index < -0.39 is 11.9 Å². The van der Waals surface area contributed by atoms with Crippen LogP contribution in [-0.4, -0.2) is 25.8 Å². The number of rotatable bonds is 8. The van der Waals surface area contributed by atoms with Crippen LogP contribution in [0.1, 0.15) is 48.2 Å². The van der Waals surface area contributed by atoms with Crippen molar-refractivity contribution in [1.82, 2.24) is 0 Å². The summed E-state index contributed by atoms with van der Waals surface area (Å²) in [6.07, 6.45) is 0.0313. The fourth-order valence-corrected chi connectivity index (χ4v) is 4.09. The van der Waals surface area contributed by atoms with Crippen molar-refractivity contribution in [2.24, 2.45) is 5.73 Å².